The van der Waals surface area contributed by atoms with Gasteiger partial charge in [0.1, 0.15) is 6.61 Å². The number of nitrogens with two attached hydrogens (primary N) is 1. The molecule has 0 amide bonds. The van der Waals surface area contributed by atoms with Crippen LogP contribution < -0.4 is 10.5 Å². The van der Waals surface area contributed by atoms with Crippen molar-refractivity contribution in [2.75, 3.05) is 5.73 Å². The standard InChI is InChI=1S/C10H9N3O/c11-8-3-1-2-7-9-6(4-12-13-9)5-14-10(7)8/h1-4H,5,11H2,(H,12,13). The first-order valence-corrected chi connectivity index (χ1v) is 4.40. The Kier molecular flexibility index (Phi) is 1.33. The Morgan fingerprint density at radius 2 is 2.36 bits per heavy atom. The van der Waals surface area contributed by atoms with Gasteiger partial charge in [0.25, 0.3) is 0 Å². The second-order valence-corrected chi connectivity index (χ2v) is 3.28. The fourth-order valence-electron chi connectivity index (χ4n) is 1.72. The Hall–Kier alpha value is -1.97. The SMILES string of the molecule is Nc1cccc2c1OCc1cn[nH]c1-2. The van der Waals surface area contributed by atoms with Gasteiger partial charge in [0, 0.05) is 11.1 Å². The van der Waals surface area contributed by atoms with Crippen molar-refractivity contribution >= 4 is 5.69 Å². The third-order valence-electron chi connectivity index (χ3n) is 2.40. The number of ether oxygens (including phenoxy) is 1. The average molecular weight is 187 g/mol. The molecule has 3 rings (SSSR count). The molecule has 1 aliphatic rings. The zero-order chi connectivity index (χ0) is 9.54. The van der Waals surface area contributed by atoms with E-state index in [9.17, 15) is 0 Å². The van der Waals surface area contributed by atoms with Crippen LogP contribution in [0.2, 0.25) is 0 Å². The molecule has 0 saturated carbocycles. The largest absolute Gasteiger partial charge is 0.486 e. The molecular formula is C10H9N3O. The summed E-state index contributed by atoms with van der Waals surface area (Å²) in [5.41, 5.74) is 9.55. The van der Waals surface area contributed by atoms with Crippen molar-refractivity contribution in [3.8, 4) is 17.0 Å². The molecule has 1 aromatic heterocycles. The molecule has 0 atom stereocenters. The first kappa shape index (κ1) is 7.44. The number of para-hydroxylation sites is 1. The van der Waals surface area contributed by atoms with E-state index in [0.29, 0.717) is 12.3 Å². The molecule has 0 aliphatic carbocycles. The van der Waals surface area contributed by atoms with Crippen LogP contribution in [0.4, 0.5) is 5.69 Å². The summed E-state index contributed by atoms with van der Waals surface area (Å²) < 4.78 is 5.55. The van der Waals surface area contributed by atoms with Crippen LogP contribution in [0, 0.1) is 0 Å². The number of aromatic nitrogens is 2. The molecule has 2 heterocycles. The minimum atomic E-state index is 0.535. The molecule has 70 valence electrons. The zero-order valence-corrected chi connectivity index (χ0v) is 7.45. The number of fused-ring (bicyclic) bond motifs is 3. The number of H-pyrrole nitrogens is 1. The van der Waals surface area contributed by atoms with E-state index in [2.05, 4.69) is 10.2 Å². The van der Waals surface area contributed by atoms with Crippen molar-refractivity contribution in [2.45, 2.75) is 6.61 Å². The highest BCUT2D eigenvalue weighted by Gasteiger charge is 2.20. The second kappa shape index (κ2) is 2.51. The van der Waals surface area contributed by atoms with Gasteiger partial charge in [-0.05, 0) is 12.1 Å². The van der Waals surface area contributed by atoms with Gasteiger partial charge in [0.05, 0.1) is 17.6 Å². The molecule has 4 nitrogen and oxygen atoms in total. The normalized spacial score (nSPS) is 12.9. The summed E-state index contributed by atoms with van der Waals surface area (Å²) in [6.07, 6.45) is 1.78. The molecule has 0 saturated heterocycles. The van der Waals surface area contributed by atoms with Crippen molar-refractivity contribution in [1.82, 2.24) is 10.2 Å². The first-order chi connectivity index (χ1) is 6.86. The molecular weight excluding hydrogens is 178 g/mol. The van der Waals surface area contributed by atoms with Gasteiger partial charge in [0.2, 0.25) is 0 Å². The van der Waals surface area contributed by atoms with Crippen molar-refractivity contribution < 1.29 is 4.74 Å². The van der Waals surface area contributed by atoms with Crippen molar-refractivity contribution in [3.05, 3.63) is 30.0 Å². The molecule has 1 aliphatic heterocycles. The number of nitrogen functional groups attached to an aromatic ring is 1. The molecule has 0 spiro atoms. The van der Waals surface area contributed by atoms with Crippen LogP contribution in [0.25, 0.3) is 11.3 Å². The highest BCUT2D eigenvalue weighted by atomic mass is 16.5. The fraction of sp³-hybridized carbons (Fsp3) is 0.100. The Morgan fingerprint density at radius 1 is 1.43 bits per heavy atom. The first-order valence-electron chi connectivity index (χ1n) is 4.40. The predicted octanol–water partition coefficient (Wildman–Crippen LogP) is 1.55. The summed E-state index contributed by atoms with van der Waals surface area (Å²) in [5.74, 6) is 0.754. The Bertz CT molecular complexity index is 490. The van der Waals surface area contributed by atoms with Crippen LogP contribution in [0.1, 0.15) is 5.56 Å². The van der Waals surface area contributed by atoms with Crippen molar-refractivity contribution in [1.29, 1.82) is 0 Å². The molecule has 4 heteroatoms. The topological polar surface area (TPSA) is 63.9 Å². The van der Waals surface area contributed by atoms with E-state index in [1.54, 1.807) is 6.20 Å². The number of rotatable bonds is 0. The molecule has 3 N–H and O–H groups in total. The van der Waals surface area contributed by atoms with Crippen LogP contribution in [-0.4, -0.2) is 10.2 Å². The number of hydrogen-bond acceptors (Lipinski definition) is 3. The Labute approximate surface area is 80.7 Å². The van der Waals surface area contributed by atoms with E-state index in [0.717, 1.165) is 22.6 Å². The maximum Gasteiger partial charge on any atom is 0.152 e. The van der Waals surface area contributed by atoms with Crippen LogP contribution >= 0.6 is 0 Å². The molecule has 0 fully saturated rings. The maximum atomic E-state index is 5.81. The van der Waals surface area contributed by atoms with E-state index in [4.69, 9.17) is 10.5 Å². The van der Waals surface area contributed by atoms with Gasteiger partial charge in [-0.2, -0.15) is 5.10 Å². The van der Waals surface area contributed by atoms with Crippen LogP contribution in [0.3, 0.4) is 0 Å². The zero-order valence-electron chi connectivity index (χ0n) is 7.45. The third-order valence-corrected chi connectivity index (χ3v) is 2.40. The summed E-state index contributed by atoms with van der Waals surface area (Å²) in [6.45, 7) is 0.535. The Balaban J connectivity index is 2.31. The monoisotopic (exact) mass is 187 g/mol. The highest BCUT2D eigenvalue weighted by Crippen LogP contribution is 2.39. The summed E-state index contributed by atoms with van der Waals surface area (Å²) in [6, 6.07) is 5.72. The van der Waals surface area contributed by atoms with E-state index in [1.165, 1.54) is 0 Å². The number of nitrogens with zero attached hydrogens (tertiary/aromatic N) is 1. The van der Waals surface area contributed by atoms with E-state index < -0.39 is 0 Å². The van der Waals surface area contributed by atoms with Gasteiger partial charge >= 0.3 is 0 Å². The smallest absolute Gasteiger partial charge is 0.152 e. The lowest BCUT2D eigenvalue weighted by Gasteiger charge is -2.18. The fourth-order valence-corrected chi connectivity index (χ4v) is 1.72. The molecule has 14 heavy (non-hydrogen) atoms. The van der Waals surface area contributed by atoms with Gasteiger partial charge in [0.15, 0.2) is 5.75 Å². The summed E-state index contributed by atoms with van der Waals surface area (Å²) in [4.78, 5) is 0. The minimum Gasteiger partial charge on any atom is -0.486 e. The Morgan fingerprint density at radius 3 is 3.29 bits per heavy atom. The number of anilines is 1. The van der Waals surface area contributed by atoms with Crippen molar-refractivity contribution in [3.63, 3.8) is 0 Å². The van der Waals surface area contributed by atoms with Gasteiger partial charge in [-0.3, -0.25) is 5.10 Å². The van der Waals surface area contributed by atoms with E-state index >= 15 is 0 Å². The lowest BCUT2D eigenvalue weighted by molar-refractivity contribution is 0.304. The molecule has 1 aromatic carbocycles. The predicted molar refractivity (Wildman–Crippen MR) is 52.8 cm³/mol. The van der Waals surface area contributed by atoms with Gasteiger partial charge in [-0.25, -0.2) is 0 Å². The number of hydrogen-bond donors (Lipinski definition) is 2. The van der Waals surface area contributed by atoms with E-state index in [-0.39, 0.29) is 0 Å². The van der Waals surface area contributed by atoms with Crippen LogP contribution in [-0.2, 0) is 6.61 Å². The quantitative estimate of drug-likeness (QED) is 0.615. The van der Waals surface area contributed by atoms with Gasteiger partial charge < -0.3 is 10.5 Å². The highest BCUT2D eigenvalue weighted by molar-refractivity contribution is 5.77. The number of nitrogens with one attached hydrogen (secondary N) is 1. The number of benzene rings is 1. The summed E-state index contributed by atoms with van der Waals surface area (Å²) in [5, 5.41) is 6.94. The van der Waals surface area contributed by atoms with Crippen LogP contribution in [0.5, 0.6) is 5.75 Å². The molecule has 0 radical (unpaired) electrons. The van der Waals surface area contributed by atoms with Crippen molar-refractivity contribution in [2.24, 2.45) is 0 Å². The molecule has 0 unspecified atom stereocenters. The lowest BCUT2D eigenvalue weighted by Crippen LogP contribution is -2.06. The maximum absolute atomic E-state index is 5.81. The second-order valence-electron chi connectivity index (χ2n) is 3.28. The van der Waals surface area contributed by atoms with Crippen LogP contribution in [0.15, 0.2) is 24.4 Å². The summed E-state index contributed by atoms with van der Waals surface area (Å²) in [7, 11) is 0. The summed E-state index contributed by atoms with van der Waals surface area (Å²) >= 11 is 0. The van der Waals surface area contributed by atoms with Gasteiger partial charge in [-0.15, -0.1) is 0 Å². The van der Waals surface area contributed by atoms with Gasteiger partial charge in [-0.1, -0.05) is 6.07 Å². The van der Waals surface area contributed by atoms with E-state index in [1.807, 2.05) is 18.2 Å². The molecule has 2 aromatic rings. The molecule has 0 bridgehead atoms. The lowest BCUT2D eigenvalue weighted by atomic mass is 10.0. The number of aromatic amines is 1. The third kappa shape index (κ3) is 0.849. The average Bonchev–Trinajstić information content (AvgIpc) is 2.66. The minimum absolute atomic E-state index is 0.535.